The lowest BCUT2D eigenvalue weighted by Crippen LogP contribution is -2.38. The van der Waals surface area contributed by atoms with Crippen molar-refractivity contribution in [2.24, 2.45) is 5.92 Å². The van der Waals surface area contributed by atoms with Gasteiger partial charge < -0.3 is 10.1 Å². The van der Waals surface area contributed by atoms with Crippen LogP contribution in [0.15, 0.2) is 24.3 Å². The largest absolute Gasteiger partial charge is 0.497 e. The zero-order valence-electron chi connectivity index (χ0n) is 10.8. The summed E-state index contributed by atoms with van der Waals surface area (Å²) in [5.41, 5.74) is 0.923. The van der Waals surface area contributed by atoms with E-state index in [-0.39, 0.29) is 31.1 Å². The van der Waals surface area contributed by atoms with E-state index in [0.717, 1.165) is 11.3 Å². The minimum Gasteiger partial charge on any atom is -0.497 e. The molecule has 3 nitrogen and oxygen atoms in total. The number of alkyl halides is 2. The third-order valence-electron chi connectivity index (χ3n) is 3.27. The van der Waals surface area contributed by atoms with Crippen molar-refractivity contribution in [1.29, 1.82) is 0 Å². The van der Waals surface area contributed by atoms with E-state index in [9.17, 15) is 13.6 Å². The van der Waals surface area contributed by atoms with Gasteiger partial charge in [0.2, 0.25) is 11.8 Å². The van der Waals surface area contributed by atoms with E-state index >= 15 is 0 Å². The molecular weight excluding hydrogens is 252 g/mol. The van der Waals surface area contributed by atoms with Crippen LogP contribution in [0.5, 0.6) is 5.75 Å². The van der Waals surface area contributed by atoms with Crippen molar-refractivity contribution < 1.29 is 18.3 Å². The van der Waals surface area contributed by atoms with E-state index in [0.29, 0.717) is 6.54 Å². The van der Waals surface area contributed by atoms with Crippen LogP contribution >= 0.6 is 0 Å². The average Bonchev–Trinajstić information content (AvgIpc) is 2.34. The first kappa shape index (κ1) is 13.8. The number of benzene rings is 1. The van der Waals surface area contributed by atoms with Crippen molar-refractivity contribution in [1.82, 2.24) is 5.32 Å². The summed E-state index contributed by atoms with van der Waals surface area (Å²) in [5.74, 6) is -2.19. The topological polar surface area (TPSA) is 38.3 Å². The Kier molecular flexibility index (Phi) is 4.02. The Labute approximate surface area is 111 Å². The van der Waals surface area contributed by atoms with Crippen molar-refractivity contribution in [2.45, 2.75) is 31.7 Å². The lowest BCUT2D eigenvalue weighted by Gasteiger charge is -2.34. The number of halogens is 2. The molecule has 1 N–H and O–H groups in total. The van der Waals surface area contributed by atoms with Crippen molar-refractivity contribution in [3.63, 3.8) is 0 Å². The summed E-state index contributed by atoms with van der Waals surface area (Å²) in [4.78, 5) is 11.6. The Morgan fingerprint density at radius 3 is 2.84 bits per heavy atom. The summed E-state index contributed by atoms with van der Waals surface area (Å²) in [5, 5.41) is 2.74. The molecule has 1 fully saturated rings. The highest BCUT2D eigenvalue weighted by Crippen LogP contribution is 2.43. The third-order valence-corrected chi connectivity index (χ3v) is 3.27. The first-order chi connectivity index (χ1) is 8.98. The second kappa shape index (κ2) is 5.55. The maximum atomic E-state index is 12.6. The van der Waals surface area contributed by atoms with Gasteiger partial charge >= 0.3 is 0 Å². The van der Waals surface area contributed by atoms with Crippen LogP contribution in [0.1, 0.15) is 24.8 Å². The maximum Gasteiger partial charge on any atom is 0.248 e. The van der Waals surface area contributed by atoms with E-state index in [2.05, 4.69) is 5.32 Å². The molecule has 0 aliphatic heterocycles. The Morgan fingerprint density at radius 2 is 2.21 bits per heavy atom. The highest BCUT2D eigenvalue weighted by atomic mass is 19.3. The molecule has 1 aliphatic rings. The van der Waals surface area contributed by atoms with Crippen LogP contribution in [-0.2, 0) is 11.3 Å². The molecule has 2 rings (SSSR count). The van der Waals surface area contributed by atoms with Gasteiger partial charge in [0.05, 0.1) is 7.11 Å². The molecule has 0 spiro atoms. The normalized spacial score (nSPS) is 17.6. The van der Waals surface area contributed by atoms with Crippen LogP contribution in [-0.4, -0.2) is 18.9 Å². The van der Waals surface area contributed by atoms with Gasteiger partial charge in [-0.25, -0.2) is 8.78 Å². The van der Waals surface area contributed by atoms with Crippen LogP contribution in [0.2, 0.25) is 0 Å². The number of rotatable bonds is 5. The molecule has 1 aliphatic carbocycles. The fraction of sp³-hybridized carbons (Fsp3) is 0.500. The van der Waals surface area contributed by atoms with Crippen LogP contribution < -0.4 is 10.1 Å². The fourth-order valence-corrected chi connectivity index (χ4v) is 2.25. The SMILES string of the molecule is COc1cccc(CNC(=O)CC2CC(F)(F)C2)c1. The highest BCUT2D eigenvalue weighted by Gasteiger charge is 2.45. The number of carbonyl (C=O) groups excluding carboxylic acids is 1. The Bertz CT molecular complexity index is 455. The molecule has 104 valence electrons. The van der Waals surface area contributed by atoms with Gasteiger partial charge in [0.1, 0.15) is 5.75 Å². The predicted octanol–water partition coefficient (Wildman–Crippen LogP) is 2.75. The Hall–Kier alpha value is -1.65. The molecule has 19 heavy (non-hydrogen) atoms. The van der Waals surface area contributed by atoms with E-state index in [4.69, 9.17) is 4.74 Å². The third kappa shape index (κ3) is 3.91. The smallest absolute Gasteiger partial charge is 0.248 e. The molecular formula is C14H17F2NO2. The molecule has 0 saturated heterocycles. The van der Waals surface area contributed by atoms with Gasteiger partial charge in [-0.05, 0) is 23.6 Å². The predicted molar refractivity (Wildman–Crippen MR) is 67.1 cm³/mol. The molecule has 0 unspecified atom stereocenters. The quantitative estimate of drug-likeness (QED) is 0.892. The molecule has 0 heterocycles. The summed E-state index contributed by atoms with van der Waals surface area (Å²) in [6.45, 7) is 0.388. The monoisotopic (exact) mass is 269 g/mol. The van der Waals surface area contributed by atoms with Crippen LogP contribution in [0.3, 0.4) is 0 Å². The van der Waals surface area contributed by atoms with Crippen LogP contribution in [0.25, 0.3) is 0 Å². The molecule has 1 saturated carbocycles. The van der Waals surface area contributed by atoms with E-state index in [1.54, 1.807) is 7.11 Å². The lowest BCUT2D eigenvalue weighted by molar-refractivity contribution is -0.133. The van der Waals surface area contributed by atoms with E-state index in [1.165, 1.54) is 0 Å². The maximum absolute atomic E-state index is 12.6. The lowest BCUT2D eigenvalue weighted by atomic mass is 9.79. The summed E-state index contributed by atoms with van der Waals surface area (Å²) in [7, 11) is 1.58. The number of nitrogens with one attached hydrogen (secondary N) is 1. The summed E-state index contributed by atoms with van der Waals surface area (Å²) in [6, 6.07) is 7.37. The molecule has 1 aromatic carbocycles. The van der Waals surface area contributed by atoms with E-state index < -0.39 is 5.92 Å². The number of methoxy groups -OCH3 is 1. The Morgan fingerprint density at radius 1 is 1.47 bits per heavy atom. The van der Waals surface area contributed by atoms with Crippen LogP contribution in [0.4, 0.5) is 8.78 Å². The average molecular weight is 269 g/mol. The van der Waals surface area contributed by atoms with Gasteiger partial charge in [-0.3, -0.25) is 4.79 Å². The van der Waals surface area contributed by atoms with Crippen molar-refractivity contribution in [3.05, 3.63) is 29.8 Å². The molecule has 0 radical (unpaired) electrons. The van der Waals surface area contributed by atoms with Gasteiger partial charge in [0, 0.05) is 25.8 Å². The zero-order chi connectivity index (χ0) is 13.9. The fourth-order valence-electron chi connectivity index (χ4n) is 2.25. The molecule has 0 aromatic heterocycles. The number of hydrogen-bond acceptors (Lipinski definition) is 2. The van der Waals surface area contributed by atoms with Crippen molar-refractivity contribution >= 4 is 5.91 Å². The van der Waals surface area contributed by atoms with Gasteiger partial charge in [-0.1, -0.05) is 12.1 Å². The number of hydrogen-bond donors (Lipinski definition) is 1. The molecule has 0 atom stereocenters. The van der Waals surface area contributed by atoms with Gasteiger partial charge in [0.15, 0.2) is 0 Å². The standard InChI is InChI=1S/C14H17F2NO2/c1-19-12-4-2-3-10(5-12)9-17-13(18)6-11-7-14(15,16)8-11/h2-5,11H,6-9H2,1H3,(H,17,18). The molecule has 1 amide bonds. The molecule has 5 heteroatoms. The minimum atomic E-state index is -2.56. The number of carbonyl (C=O) groups is 1. The van der Waals surface area contributed by atoms with E-state index in [1.807, 2.05) is 24.3 Å². The highest BCUT2D eigenvalue weighted by molar-refractivity contribution is 5.76. The second-order valence-electron chi connectivity index (χ2n) is 4.96. The van der Waals surface area contributed by atoms with Crippen molar-refractivity contribution in [3.8, 4) is 5.75 Å². The van der Waals surface area contributed by atoms with Gasteiger partial charge in [-0.2, -0.15) is 0 Å². The first-order valence-electron chi connectivity index (χ1n) is 6.26. The molecule has 0 bridgehead atoms. The summed E-state index contributed by atoms with van der Waals surface area (Å²) in [6.07, 6.45) is -0.154. The second-order valence-corrected chi connectivity index (χ2v) is 4.96. The van der Waals surface area contributed by atoms with Gasteiger partial charge in [0.25, 0.3) is 0 Å². The number of ether oxygens (including phenoxy) is 1. The Balaban J connectivity index is 1.74. The van der Waals surface area contributed by atoms with Crippen LogP contribution in [0, 0.1) is 5.92 Å². The summed E-state index contributed by atoms with van der Waals surface area (Å²) >= 11 is 0. The van der Waals surface area contributed by atoms with Gasteiger partial charge in [-0.15, -0.1) is 0 Å². The first-order valence-corrected chi connectivity index (χ1v) is 6.26. The minimum absolute atomic E-state index is 0.167. The summed E-state index contributed by atoms with van der Waals surface area (Å²) < 4.78 is 30.3. The molecule has 1 aromatic rings. The van der Waals surface area contributed by atoms with Crippen molar-refractivity contribution in [2.75, 3.05) is 7.11 Å². The number of amides is 1. The zero-order valence-corrected chi connectivity index (χ0v) is 10.8.